The summed E-state index contributed by atoms with van der Waals surface area (Å²) in [5.74, 6) is 2.71. The van der Waals surface area contributed by atoms with Gasteiger partial charge in [-0.2, -0.15) is 0 Å². The van der Waals surface area contributed by atoms with E-state index < -0.39 is 0 Å². The average Bonchev–Trinajstić information content (AvgIpc) is 2.94. The van der Waals surface area contributed by atoms with Gasteiger partial charge in [0.2, 0.25) is 0 Å². The van der Waals surface area contributed by atoms with Crippen LogP contribution in [0.25, 0.3) is 0 Å². The second-order valence-corrected chi connectivity index (χ2v) is 9.44. The van der Waals surface area contributed by atoms with Crippen molar-refractivity contribution < 1.29 is 4.79 Å². The maximum absolute atomic E-state index is 11.4. The number of rotatable bonds is 3. The molecule has 1 nitrogen and oxygen atoms in total. The summed E-state index contributed by atoms with van der Waals surface area (Å²) in [6, 6.07) is 0. The van der Waals surface area contributed by atoms with Crippen molar-refractivity contribution in [3.8, 4) is 0 Å². The molecule has 0 aromatic rings. The molecular formula is C24H36O. The van der Waals surface area contributed by atoms with E-state index in [1.807, 2.05) is 0 Å². The minimum Gasteiger partial charge on any atom is -0.303 e. The van der Waals surface area contributed by atoms with Crippen LogP contribution in [0.3, 0.4) is 0 Å². The van der Waals surface area contributed by atoms with Gasteiger partial charge in [-0.1, -0.05) is 63.1 Å². The zero-order valence-electron chi connectivity index (χ0n) is 16.7. The van der Waals surface area contributed by atoms with E-state index in [-0.39, 0.29) is 5.92 Å². The second-order valence-electron chi connectivity index (χ2n) is 9.44. The van der Waals surface area contributed by atoms with Crippen molar-refractivity contribution >= 4 is 6.29 Å². The van der Waals surface area contributed by atoms with Crippen LogP contribution >= 0.6 is 0 Å². The van der Waals surface area contributed by atoms with Gasteiger partial charge in [0.15, 0.2) is 0 Å². The summed E-state index contributed by atoms with van der Waals surface area (Å²) in [5.41, 5.74) is 5.02. The first-order valence-corrected chi connectivity index (χ1v) is 10.4. The van der Waals surface area contributed by atoms with Crippen LogP contribution in [0.5, 0.6) is 0 Å². The molecule has 138 valence electrons. The van der Waals surface area contributed by atoms with Gasteiger partial charge in [0, 0.05) is 5.92 Å². The normalized spacial score (nSPS) is 41.5. The summed E-state index contributed by atoms with van der Waals surface area (Å²) in [7, 11) is 0. The summed E-state index contributed by atoms with van der Waals surface area (Å²) in [6.07, 6.45) is 14.8. The van der Waals surface area contributed by atoms with E-state index in [0.717, 1.165) is 0 Å². The van der Waals surface area contributed by atoms with Gasteiger partial charge in [-0.3, -0.25) is 0 Å². The molecule has 3 fully saturated rings. The predicted octanol–water partition coefficient (Wildman–Crippen LogP) is 6.51. The number of carbonyl (C=O) groups is 1. The van der Waals surface area contributed by atoms with Gasteiger partial charge in [-0.25, -0.2) is 0 Å². The Morgan fingerprint density at radius 2 is 1.84 bits per heavy atom. The Balaban J connectivity index is 1.79. The molecule has 0 saturated heterocycles. The Kier molecular flexibility index (Phi) is 5.42. The smallest absolute Gasteiger partial charge is 0.123 e. The highest BCUT2D eigenvalue weighted by molar-refractivity contribution is 5.54. The average molecular weight is 341 g/mol. The number of allylic oxidation sites excluding steroid dienone is 5. The number of hydrogen-bond donors (Lipinski definition) is 0. The standard InChI is InChI=1S/C24H36O/c1-16-13-20(14-17(2)19(16)4)8-9-21-7-6-12-24(5)22(18(3)15-25)10-11-23(21)24/h8-9,15-18,22-23H,4,6-7,10-14H2,1-3,5H3/b21-9+/t16-,17-,18?,22-,23+,24-/m1/s1. The Morgan fingerprint density at radius 1 is 1.16 bits per heavy atom. The lowest BCUT2D eigenvalue weighted by Crippen LogP contribution is -2.36. The van der Waals surface area contributed by atoms with Crippen LogP contribution < -0.4 is 0 Å². The van der Waals surface area contributed by atoms with Gasteiger partial charge in [0.05, 0.1) is 0 Å². The molecule has 0 N–H and O–H groups in total. The van der Waals surface area contributed by atoms with Crippen molar-refractivity contribution in [1.29, 1.82) is 0 Å². The SMILES string of the molecule is C=C1[C@H](C)CC(=C/C=C2\CCC[C@]3(C)[C@@H](C(C)C=O)CC[C@@H]23)C[C@H]1C. The largest absolute Gasteiger partial charge is 0.303 e. The van der Waals surface area contributed by atoms with Crippen molar-refractivity contribution in [3.05, 3.63) is 35.5 Å². The fraction of sp³-hybridized carbons (Fsp3) is 0.708. The molecular weight excluding hydrogens is 304 g/mol. The van der Waals surface area contributed by atoms with Gasteiger partial charge < -0.3 is 4.79 Å². The third-order valence-corrected chi connectivity index (χ3v) is 7.82. The zero-order valence-corrected chi connectivity index (χ0v) is 16.7. The molecule has 0 aromatic heterocycles. The third-order valence-electron chi connectivity index (χ3n) is 7.82. The van der Waals surface area contributed by atoms with Gasteiger partial charge in [0.25, 0.3) is 0 Å². The lowest BCUT2D eigenvalue weighted by molar-refractivity contribution is -0.113. The van der Waals surface area contributed by atoms with Gasteiger partial charge in [0.1, 0.15) is 6.29 Å². The van der Waals surface area contributed by atoms with Crippen LogP contribution in [0.2, 0.25) is 0 Å². The molecule has 0 spiro atoms. The summed E-state index contributed by atoms with van der Waals surface area (Å²) in [4.78, 5) is 11.4. The molecule has 3 rings (SSSR count). The topological polar surface area (TPSA) is 17.1 Å². The van der Waals surface area contributed by atoms with Crippen LogP contribution in [0, 0.1) is 35.0 Å². The molecule has 0 bridgehead atoms. The quantitative estimate of drug-likeness (QED) is 0.422. The maximum atomic E-state index is 11.4. The van der Waals surface area contributed by atoms with E-state index in [1.54, 1.807) is 11.1 Å². The number of carbonyl (C=O) groups excluding carboxylic acids is 1. The van der Waals surface area contributed by atoms with E-state index in [0.29, 0.717) is 29.1 Å². The number of hydrogen-bond acceptors (Lipinski definition) is 1. The third kappa shape index (κ3) is 3.44. The Hall–Kier alpha value is -1.11. The first kappa shape index (κ1) is 18.7. The highest BCUT2D eigenvalue weighted by atomic mass is 16.1. The van der Waals surface area contributed by atoms with Crippen molar-refractivity contribution in [2.75, 3.05) is 0 Å². The lowest BCUT2D eigenvalue weighted by atomic mass is 9.61. The molecule has 0 amide bonds. The molecule has 1 unspecified atom stereocenters. The Bertz CT molecular complexity index is 579. The predicted molar refractivity (Wildman–Crippen MR) is 106 cm³/mol. The van der Waals surface area contributed by atoms with Crippen molar-refractivity contribution in [2.45, 2.75) is 72.6 Å². The van der Waals surface area contributed by atoms with E-state index in [4.69, 9.17) is 0 Å². The lowest BCUT2D eigenvalue weighted by Gasteiger charge is -2.43. The molecule has 6 atom stereocenters. The van der Waals surface area contributed by atoms with Gasteiger partial charge >= 0.3 is 0 Å². The summed E-state index contributed by atoms with van der Waals surface area (Å²) in [6.45, 7) is 13.5. The zero-order chi connectivity index (χ0) is 18.2. The second kappa shape index (κ2) is 7.25. The first-order chi connectivity index (χ1) is 11.9. The fourth-order valence-electron chi connectivity index (χ4n) is 6.22. The van der Waals surface area contributed by atoms with E-state index in [1.165, 1.54) is 56.8 Å². The maximum Gasteiger partial charge on any atom is 0.123 e. The molecule has 0 heterocycles. The van der Waals surface area contributed by atoms with Gasteiger partial charge in [-0.15, -0.1) is 0 Å². The number of aldehydes is 1. The highest BCUT2D eigenvalue weighted by Gasteiger charge is 2.50. The Labute approximate surface area is 154 Å². The van der Waals surface area contributed by atoms with Crippen molar-refractivity contribution in [1.82, 2.24) is 0 Å². The summed E-state index contributed by atoms with van der Waals surface area (Å²) >= 11 is 0. The fourth-order valence-corrected chi connectivity index (χ4v) is 6.22. The molecule has 0 aliphatic heterocycles. The Morgan fingerprint density at radius 3 is 2.48 bits per heavy atom. The minimum atomic E-state index is 0.207. The highest BCUT2D eigenvalue weighted by Crippen LogP contribution is 2.59. The van der Waals surface area contributed by atoms with Crippen LogP contribution in [0.15, 0.2) is 35.5 Å². The van der Waals surface area contributed by atoms with E-state index >= 15 is 0 Å². The summed E-state index contributed by atoms with van der Waals surface area (Å²) in [5, 5.41) is 0. The molecule has 3 aliphatic carbocycles. The number of fused-ring (bicyclic) bond motifs is 1. The molecule has 3 saturated carbocycles. The summed E-state index contributed by atoms with van der Waals surface area (Å²) < 4.78 is 0. The first-order valence-electron chi connectivity index (χ1n) is 10.4. The molecule has 1 heteroatoms. The van der Waals surface area contributed by atoms with Crippen molar-refractivity contribution in [2.24, 2.45) is 35.0 Å². The van der Waals surface area contributed by atoms with Crippen molar-refractivity contribution in [3.63, 3.8) is 0 Å². The van der Waals surface area contributed by atoms with E-state index in [2.05, 4.69) is 46.4 Å². The van der Waals surface area contributed by atoms with E-state index in [9.17, 15) is 4.79 Å². The van der Waals surface area contributed by atoms with Crippen LogP contribution in [0.4, 0.5) is 0 Å². The molecule has 25 heavy (non-hydrogen) atoms. The van der Waals surface area contributed by atoms with Crippen LogP contribution in [0.1, 0.15) is 72.6 Å². The van der Waals surface area contributed by atoms with Crippen LogP contribution in [-0.4, -0.2) is 6.29 Å². The molecule has 3 aliphatic rings. The minimum absolute atomic E-state index is 0.207. The monoisotopic (exact) mass is 340 g/mol. The molecule has 0 aromatic carbocycles. The molecule has 0 radical (unpaired) electrons. The van der Waals surface area contributed by atoms with Crippen LogP contribution in [-0.2, 0) is 4.79 Å². The van der Waals surface area contributed by atoms with Gasteiger partial charge in [-0.05, 0) is 74.0 Å².